The van der Waals surface area contributed by atoms with E-state index < -0.39 is 0 Å². The van der Waals surface area contributed by atoms with E-state index in [2.05, 4.69) is 19.9 Å². The number of hydrogen-bond acceptors (Lipinski definition) is 4. The predicted octanol–water partition coefficient (Wildman–Crippen LogP) is 3.83. The van der Waals surface area contributed by atoms with Gasteiger partial charge in [0, 0.05) is 5.41 Å². The first kappa shape index (κ1) is 17.1. The molecule has 0 saturated heterocycles. The highest BCUT2D eigenvalue weighted by molar-refractivity contribution is 5.77. The van der Waals surface area contributed by atoms with Crippen molar-refractivity contribution in [3.8, 4) is 0 Å². The van der Waals surface area contributed by atoms with Crippen molar-refractivity contribution in [3.05, 3.63) is 12.3 Å². The lowest BCUT2D eigenvalue weighted by Gasteiger charge is -2.71. The Labute approximate surface area is 156 Å². The molecule has 0 aromatic rings. The molecular formula is C22H32O4. The molecule has 5 rings (SSSR count). The minimum atomic E-state index is -0.370. The molecule has 144 valence electrons. The Morgan fingerprint density at radius 1 is 1.19 bits per heavy atom. The molecule has 4 saturated carbocycles. The van der Waals surface area contributed by atoms with Crippen LogP contribution in [0.25, 0.3) is 0 Å². The van der Waals surface area contributed by atoms with E-state index in [0.717, 1.165) is 38.5 Å². The summed E-state index contributed by atoms with van der Waals surface area (Å²) in [5.74, 6) is 1.00. The zero-order valence-corrected chi connectivity index (χ0v) is 16.3. The van der Waals surface area contributed by atoms with E-state index in [1.54, 1.807) is 0 Å². The highest BCUT2D eigenvalue weighted by atomic mass is 16.5. The monoisotopic (exact) mass is 360 g/mol. The average molecular weight is 360 g/mol. The third-order valence-electron chi connectivity index (χ3n) is 10.0. The Kier molecular flexibility index (Phi) is 3.20. The first-order chi connectivity index (χ1) is 12.3. The fraction of sp³-hybridized carbons (Fsp3) is 0.864. The van der Waals surface area contributed by atoms with Gasteiger partial charge in [-0.15, -0.1) is 0 Å². The van der Waals surface area contributed by atoms with Crippen LogP contribution in [0.4, 0.5) is 0 Å². The van der Waals surface area contributed by atoms with Crippen LogP contribution in [0.2, 0.25) is 0 Å². The number of aliphatic hydroxyl groups is 1. The van der Waals surface area contributed by atoms with Gasteiger partial charge in [0.05, 0.1) is 25.4 Å². The predicted molar refractivity (Wildman–Crippen MR) is 97.1 cm³/mol. The molecule has 0 bridgehead atoms. The van der Waals surface area contributed by atoms with Crippen LogP contribution in [-0.2, 0) is 14.3 Å². The minimum Gasteiger partial charge on any atom is -0.492 e. The Morgan fingerprint density at radius 3 is 2.69 bits per heavy atom. The fourth-order valence-corrected chi connectivity index (χ4v) is 9.10. The number of carbonyl (C=O) groups excluding carboxylic acids is 1. The molecule has 1 aliphatic heterocycles. The quantitative estimate of drug-likeness (QED) is 0.761. The number of fused-ring (bicyclic) bond motifs is 2. The molecule has 0 radical (unpaired) electrons. The van der Waals surface area contributed by atoms with Gasteiger partial charge in [0.15, 0.2) is 0 Å². The van der Waals surface area contributed by atoms with Gasteiger partial charge in [-0.2, -0.15) is 0 Å². The summed E-state index contributed by atoms with van der Waals surface area (Å²) in [4.78, 5) is 12.7. The van der Waals surface area contributed by atoms with E-state index in [4.69, 9.17) is 9.47 Å². The van der Waals surface area contributed by atoms with Gasteiger partial charge in [0.1, 0.15) is 5.60 Å². The highest BCUT2D eigenvalue weighted by Crippen LogP contribution is 2.84. The van der Waals surface area contributed by atoms with Crippen molar-refractivity contribution >= 4 is 5.97 Å². The lowest BCUT2D eigenvalue weighted by Crippen LogP contribution is -2.72. The smallest absolute Gasteiger partial charge is 0.311 e. The van der Waals surface area contributed by atoms with Crippen LogP contribution in [0, 0.1) is 33.5 Å². The molecule has 4 heteroatoms. The Morgan fingerprint density at radius 2 is 1.96 bits per heavy atom. The summed E-state index contributed by atoms with van der Waals surface area (Å²) in [5, 5.41) is 10.1. The maximum absolute atomic E-state index is 12.7. The summed E-state index contributed by atoms with van der Waals surface area (Å²) < 4.78 is 11.3. The van der Waals surface area contributed by atoms with Gasteiger partial charge in [0.2, 0.25) is 0 Å². The van der Waals surface area contributed by atoms with Crippen molar-refractivity contribution in [3.63, 3.8) is 0 Å². The number of methoxy groups -OCH3 is 1. The van der Waals surface area contributed by atoms with Crippen molar-refractivity contribution in [2.75, 3.05) is 13.7 Å². The lowest BCUT2D eigenvalue weighted by atomic mass is 9.33. The molecule has 5 aliphatic rings. The molecule has 7 atom stereocenters. The first-order valence-electron chi connectivity index (χ1n) is 10.4. The molecule has 1 N–H and O–H groups in total. The molecule has 0 aromatic heterocycles. The van der Waals surface area contributed by atoms with Crippen LogP contribution >= 0.6 is 0 Å². The van der Waals surface area contributed by atoms with E-state index in [0.29, 0.717) is 11.8 Å². The van der Waals surface area contributed by atoms with E-state index in [1.807, 2.05) is 6.26 Å². The van der Waals surface area contributed by atoms with Crippen molar-refractivity contribution in [1.29, 1.82) is 0 Å². The van der Waals surface area contributed by atoms with Gasteiger partial charge in [-0.05, 0) is 80.6 Å². The van der Waals surface area contributed by atoms with Gasteiger partial charge >= 0.3 is 5.97 Å². The third-order valence-corrected chi connectivity index (χ3v) is 10.0. The Bertz CT molecular complexity index is 688. The van der Waals surface area contributed by atoms with E-state index >= 15 is 0 Å². The number of hydrogen-bond donors (Lipinski definition) is 1. The van der Waals surface area contributed by atoms with Crippen molar-refractivity contribution in [2.45, 2.75) is 70.8 Å². The number of esters is 1. The molecule has 26 heavy (non-hydrogen) atoms. The maximum Gasteiger partial charge on any atom is 0.311 e. The van der Waals surface area contributed by atoms with E-state index in [-0.39, 0.29) is 39.8 Å². The molecule has 1 heterocycles. The normalized spacial score (nSPS) is 56.5. The molecule has 4 nitrogen and oxygen atoms in total. The molecule has 4 aliphatic carbocycles. The van der Waals surface area contributed by atoms with Gasteiger partial charge in [-0.3, -0.25) is 4.79 Å². The molecular weight excluding hydrogens is 328 g/mol. The number of aliphatic hydroxyl groups excluding tert-OH is 1. The summed E-state index contributed by atoms with van der Waals surface area (Å²) in [6.45, 7) is 4.73. The Balaban J connectivity index is 1.56. The lowest BCUT2D eigenvalue weighted by molar-refractivity contribution is -0.277. The van der Waals surface area contributed by atoms with Crippen molar-refractivity contribution in [1.82, 2.24) is 0 Å². The van der Waals surface area contributed by atoms with Crippen molar-refractivity contribution in [2.24, 2.45) is 33.5 Å². The summed E-state index contributed by atoms with van der Waals surface area (Å²) >= 11 is 0. The molecule has 2 spiro atoms. The summed E-state index contributed by atoms with van der Waals surface area (Å²) in [7, 11) is 1.54. The van der Waals surface area contributed by atoms with E-state index in [1.165, 1.54) is 20.0 Å². The van der Waals surface area contributed by atoms with E-state index in [9.17, 15) is 9.90 Å². The Hall–Kier alpha value is -1.03. The summed E-state index contributed by atoms with van der Waals surface area (Å²) in [6.07, 6.45) is 13.0. The first-order valence-corrected chi connectivity index (χ1v) is 10.4. The second-order valence-electron chi connectivity index (χ2n) is 10.3. The average Bonchev–Trinajstić information content (AvgIpc) is 3.08. The molecule has 0 aromatic carbocycles. The van der Waals surface area contributed by atoms with Gasteiger partial charge in [-0.25, -0.2) is 0 Å². The number of ether oxygens (including phenoxy) is 2. The van der Waals surface area contributed by atoms with Gasteiger partial charge < -0.3 is 14.6 Å². The van der Waals surface area contributed by atoms with Crippen LogP contribution in [0.3, 0.4) is 0 Å². The van der Waals surface area contributed by atoms with Crippen LogP contribution in [0.15, 0.2) is 12.3 Å². The van der Waals surface area contributed by atoms with Gasteiger partial charge in [0.25, 0.3) is 0 Å². The molecule has 4 fully saturated rings. The van der Waals surface area contributed by atoms with Crippen LogP contribution in [-0.4, -0.2) is 30.4 Å². The SMILES string of the molecule is COC(=O)[C@@]1(C)CCC[C@]2(C)[C@H]3CC[C@@]45C=CO[C@]4(CO)C[C@@]35CC[C@H]21. The van der Waals surface area contributed by atoms with Crippen LogP contribution in [0.5, 0.6) is 0 Å². The fourth-order valence-electron chi connectivity index (χ4n) is 9.10. The largest absolute Gasteiger partial charge is 0.492 e. The zero-order chi connectivity index (χ0) is 18.4. The summed E-state index contributed by atoms with van der Waals surface area (Å²) in [5.41, 5.74) is -0.264. The van der Waals surface area contributed by atoms with Crippen LogP contribution < -0.4 is 0 Å². The second kappa shape index (κ2) is 4.87. The maximum atomic E-state index is 12.7. The highest BCUT2D eigenvalue weighted by Gasteiger charge is 2.83. The topological polar surface area (TPSA) is 55.8 Å². The zero-order valence-electron chi connectivity index (χ0n) is 16.3. The minimum absolute atomic E-state index is 0.0144. The van der Waals surface area contributed by atoms with Gasteiger partial charge in [-0.1, -0.05) is 13.3 Å². The standard InChI is InChI=1S/C22H32O4/c1-18-7-4-8-19(2,17(24)25-3)15(18)5-9-20-13-22(14-23)21(20,11-12-26-22)10-6-16(18)20/h11-12,15-16,23H,4-10,13-14H2,1-3H3/t15-,16-,18+,19+,20+,21+,22+/m1/s1. The molecule has 0 amide bonds. The second-order valence-corrected chi connectivity index (χ2v) is 10.3. The van der Waals surface area contributed by atoms with Crippen molar-refractivity contribution < 1.29 is 19.4 Å². The third kappa shape index (κ3) is 1.50. The summed E-state index contributed by atoms with van der Waals surface area (Å²) in [6, 6.07) is 0. The number of carbonyl (C=O) groups is 1. The molecule has 0 unspecified atom stereocenters. The number of rotatable bonds is 2. The van der Waals surface area contributed by atoms with Crippen LogP contribution in [0.1, 0.15) is 65.2 Å².